The zero-order valence-electron chi connectivity index (χ0n) is 34.6. The molecule has 0 radical (unpaired) electrons. The van der Waals surface area contributed by atoms with E-state index < -0.39 is 8.07 Å². The summed E-state index contributed by atoms with van der Waals surface area (Å²) in [4.78, 5) is 0. The predicted octanol–water partition coefficient (Wildman–Crippen LogP) is 12.6. The Morgan fingerprint density at radius 2 is 0.683 bits per heavy atom. The van der Waals surface area contributed by atoms with Crippen molar-refractivity contribution >= 4 is 72.4 Å². The first-order chi connectivity index (χ1) is 31.3. The number of hydrogen-bond acceptors (Lipinski definition) is 0. The van der Waals surface area contributed by atoms with Gasteiger partial charge in [0.25, 0.3) is 0 Å². The molecule has 0 aliphatic heterocycles. The number of para-hydroxylation sites is 4. The van der Waals surface area contributed by atoms with E-state index in [0.717, 1.165) is 11.4 Å². The van der Waals surface area contributed by atoms with E-state index in [1.165, 1.54) is 86.6 Å². The van der Waals surface area contributed by atoms with Crippen molar-refractivity contribution in [2.24, 2.45) is 0 Å². The van der Waals surface area contributed by atoms with Gasteiger partial charge in [0.05, 0.1) is 33.4 Å². The molecule has 0 amide bonds. The number of aromatic nitrogens is 2. The fourth-order valence-corrected chi connectivity index (χ4v) is 15.5. The lowest BCUT2D eigenvalue weighted by molar-refractivity contribution is 1.13. The van der Waals surface area contributed by atoms with E-state index in [4.69, 9.17) is 0 Å². The number of nitrogens with zero attached hydrogens (tertiary/aromatic N) is 2. The quantitative estimate of drug-likeness (QED) is 0.107. The van der Waals surface area contributed by atoms with Crippen LogP contribution in [-0.4, -0.2) is 17.2 Å². The summed E-state index contributed by atoms with van der Waals surface area (Å²) < 4.78 is 5.12. The molecule has 0 unspecified atom stereocenters. The molecule has 2 heterocycles. The molecule has 296 valence electrons. The fraction of sp³-hybridized carbons (Fsp3) is 0. The minimum absolute atomic E-state index is 1.14. The molecule has 0 aliphatic rings. The van der Waals surface area contributed by atoms with Crippen molar-refractivity contribution in [2.45, 2.75) is 0 Å². The molecule has 0 aliphatic carbocycles. The van der Waals surface area contributed by atoms with Gasteiger partial charge in [-0.25, -0.2) is 0 Å². The van der Waals surface area contributed by atoms with Gasteiger partial charge in [-0.15, -0.1) is 0 Å². The van der Waals surface area contributed by atoms with Crippen LogP contribution in [0.4, 0.5) is 0 Å². The third kappa shape index (κ3) is 5.71. The van der Waals surface area contributed by atoms with Crippen LogP contribution in [-0.2, 0) is 0 Å². The van der Waals surface area contributed by atoms with Crippen LogP contribution in [0.2, 0.25) is 0 Å². The van der Waals surface area contributed by atoms with Crippen molar-refractivity contribution in [3.05, 3.63) is 255 Å². The number of hydrogen-bond donors (Lipinski definition) is 0. The molecular weight excluding hydrogens is 777 g/mol. The molecule has 0 bridgehead atoms. The van der Waals surface area contributed by atoms with E-state index in [9.17, 15) is 0 Å². The van der Waals surface area contributed by atoms with Gasteiger partial charge < -0.3 is 9.13 Å². The van der Waals surface area contributed by atoms with Crippen molar-refractivity contribution in [1.29, 1.82) is 0 Å². The Balaban J connectivity index is 1.30. The van der Waals surface area contributed by atoms with Gasteiger partial charge in [0.2, 0.25) is 0 Å². The van der Waals surface area contributed by atoms with E-state index in [1.54, 1.807) is 0 Å². The van der Waals surface area contributed by atoms with Crippen molar-refractivity contribution < 1.29 is 0 Å². The Labute approximate surface area is 368 Å². The second kappa shape index (κ2) is 15.2. The molecule has 12 rings (SSSR count). The zero-order chi connectivity index (χ0) is 41.7. The van der Waals surface area contributed by atoms with Gasteiger partial charge in [-0.3, -0.25) is 0 Å². The van der Waals surface area contributed by atoms with Crippen LogP contribution in [0.3, 0.4) is 0 Å². The van der Waals surface area contributed by atoms with Crippen molar-refractivity contribution in [3.8, 4) is 33.6 Å². The molecular formula is C60H42N2Si. The van der Waals surface area contributed by atoms with Crippen molar-refractivity contribution in [3.63, 3.8) is 0 Å². The minimum atomic E-state index is -3.02. The predicted molar refractivity (Wildman–Crippen MR) is 270 cm³/mol. The molecule has 0 fully saturated rings. The van der Waals surface area contributed by atoms with Crippen molar-refractivity contribution in [2.75, 3.05) is 0 Å². The molecule has 10 aromatic carbocycles. The summed E-state index contributed by atoms with van der Waals surface area (Å²) >= 11 is 0. The van der Waals surface area contributed by atoms with Crippen LogP contribution < -0.4 is 20.7 Å². The first kappa shape index (κ1) is 36.8. The Kier molecular flexibility index (Phi) is 8.87. The normalized spacial score (nSPS) is 11.8. The van der Waals surface area contributed by atoms with Crippen LogP contribution in [0.1, 0.15) is 0 Å². The Bertz CT molecular complexity index is 3500. The highest BCUT2D eigenvalue weighted by molar-refractivity contribution is 7.20. The highest BCUT2D eigenvalue weighted by Gasteiger charge is 2.44. The molecule has 3 heteroatoms. The van der Waals surface area contributed by atoms with Crippen LogP contribution in [0.15, 0.2) is 255 Å². The summed E-state index contributed by atoms with van der Waals surface area (Å²) in [5.41, 5.74) is 11.9. The van der Waals surface area contributed by atoms with Gasteiger partial charge in [-0.2, -0.15) is 0 Å². The molecule has 63 heavy (non-hydrogen) atoms. The number of benzene rings is 10. The maximum Gasteiger partial charge on any atom is 0.180 e. The lowest BCUT2D eigenvalue weighted by Crippen LogP contribution is -2.75. The molecule has 2 aromatic heterocycles. The average molecular weight is 819 g/mol. The third-order valence-corrected chi connectivity index (χ3v) is 17.9. The van der Waals surface area contributed by atoms with Gasteiger partial charge in [-0.1, -0.05) is 231 Å². The van der Waals surface area contributed by atoms with E-state index in [-0.39, 0.29) is 0 Å². The summed E-state index contributed by atoms with van der Waals surface area (Å²) in [6.45, 7) is 0. The summed E-state index contributed by atoms with van der Waals surface area (Å²) in [6, 6.07) is 94.4. The highest BCUT2D eigenvalue weighted by atomic mass is 28.3. The molecule has 0 N–H and O–H groups in total. The maximum absolute atomic E-state index is 3.02. The van der Waals surface area contributed by atoms with E-state index in [1.807, 2.05) is 0 Å². The first-order valence-corrected chi connectivity index (χ1v) is 23.8. The topological polar surface area (TPSA) is 9.86 Å². The summed E-state index contributed by atoms with van der Waals surface area (Å²) in [5.74, 6) is 0. The highest BCUT2D eigenvalue weighted by Crippen LogP contribution is 2.43. The van der Waals surface area contributed by atoms with Gasteiger partial charge in [-0.05, 0) is 56.1 Å². The Hall–Kier alpha value is -7.98. The minimum Gasteiger partial charge on any atom is -0.307 e. The van der Waals surface area contributed by atoms with Crippen molar-refractivity contribution in [1.82, 2.24) is 9.13 Å². The third-order valence-electron chi connectivity index (χ3n) is 13.1. The Morgan fingerprint density at radius 1 is 0.270 bits per heavy atom. The van der Waals surface area contributed by atoms with Crippen LogP contribution >= 0.6 is 0 Å². The van der Waals surface area contributed by atoms with Gasteiger partial charge in [0, 0.05) is 32.7 Å². The van der Waals surface area contributed by atoms with Crippen LogP contribution in [0.25, 0.3) is 77.2 Å². The second-order valence-electron chi connectivity index (χ2n) is 16.4. The molecule has 0 saturated carbocycles. The largest absolute Gasteiger partial charge is 0.307 e. The van der Waals surface area contributed by atoms with E-state index in [0.29, 0.717) is 0 Å². The number of rotatable bonds is 8. The van der Waals surface area contributed by atoms with Gasteiger partial charge in [0.15, 0.2) is 8.07 Å². The van der Waals surface area contributed by atoms with Gasteiger partial charge >= 0.3 is 0 Å². The monoisotopic (exact) mass is 818 g/mol. The van der Waals surface area contributed by atoms with E-state index in [2.05, 4.69) is 264 Å². The average Bonchev–Trinajstić information content (AvgIpc) is 3.89. The summed E-state index contributed by atoms with van der Waals surface area (Å²) in [5, 5.41) is 10.3. The van der Waals surface area contributed by atoms with Gasteiger partial charge in [0.1, 0.15) is 0 Å². The Morgan fingerprint density at radius 3 is 1.25 bits per heavy atom. The fourth-order valence-electron chi connectivity index (χ4n) is 10.5. The number of fused-ring (bicyclic) bond motifs is 6. The maximum atomic E-state index is 2.60. The lowest BCUT2D eigenvalue weighted by Gasteiger charge is -2.36. The molecule has 0 atom stereocenters. The smallest absolute Gasteiger partial charge is 0.180 e. The standard InChI is InChI=1S/C60H42N2Si/c1-6-23-43(24-7-1)48-33-16-19-37-53(48)61-54-38-20-17-34-49(54)51-36-22-40-56(59(51)61)62-55-39-21-18-35-50(55)52-41-42-57(58(60(52)62)44-25-8-2-9-26-44)63(45-27-10-3-11-28-45,46-29-12-4-13-30-46)47-31-14-5-15-32-47/h1-42H. The lowest BCUT2D eigenvalue weighted by atomic mass is 10.0. The molecule has 12 aromatic rings. The van der Waals surface area contributed by atoms with E-state index >= 15 is 0 Å². The molecule has 0 saturated heterocycles. The SMILES string of the molecule is c1ccc(-c2ccccc2-n2c3ccccc3c3cccc(-n4c5ccccc5c5ccc([Si](c6ccccc6)(c6ccccc6)c6ccccc6)c(-c6ccccc6)c54)c32)cc1. The molecule has 2 nitrogen and oxygen atoms in total. The van der Waals surface area contributed by atoms with Crippen LogP contribution in [0, 0.1) is 0 Å². The van der Waals surface area contributed by atoms with Crippen LogP contribution in [0.5, 0.6) is 0 Å². The summed E-state index contributed by atoms with van der Waals surface area (Å²) in [6.07, 6.45) is 0. The summed E-state index contributed by atoms with van der Waals surface area (Å²) in [7, 11) is -3.02. The second-order valence-corrected chi connectivity index (χ2v) is 20.1. The zero-order valence-corrected chi connectivity index (χ0v) is 35.6. The first-order valence-electron chi connectivity index (χ1n) is 21.8. The molecule has 0 spiro atoms.